The van der Waals surface area contributed by atoms with Crippen LogP contribution in [0.4, 0.5) is 5.13 Å². The van der Waals surface area contributed by atoms with Gasteiger partial charge in [-0.25, -0.2) is 4.98 Å². The molecule has 146 valence electrons. The van der Waals surface area contributed by atoms with Crippen molar-refractivity contribution in [2.75, 3.05) is 37.6 Å². The van der Waals surface area contributed by atoms with Gasteiger partial charge in [0.15, 0.2) is 11.1 Å². The predicted octanol–water partition coefficient (Wildman–Crippen LogP) is 3.97. The van der Waals surface area contributed by atoms with Gasteiger partial charge in [-0.1, -0.05) is 36.2 Å². The Kier molecular flexibility index (Phi) is 6.86. The number of aliphatic imine (C=N–C) groups is 1. The number of nitrogens with two attached hydrogens (primary N) is 1. The molecule has 1 saturated heterocycles. The standard InChI is InChI=1S/C19H24ClN5S.HI/c20-16-5-2-1-4-15(16)19(6-3-7-19)14-23-17(21)24-9-11-25(12-10-24)18-22-8-13-26-18;/h1-2,4-5,8,13H,3,6-7,9-12,14H2,(H2,21,23);1H. The van der Waals surface area contributed by atoms with Crippen LogP contribution in [0.15, 0.2) is 40.8 Å². The van der Waals surface area contributed by atoms with E-state index in [4.69, 9.17) is 22.3 Å². The molecule has 8 heteroatoms. The van der Waals surface area contributed by atoms with Gasteiger partial charge in [0.25, 0.3) is 0 Å². The fourth-order valence-electron chi connectivity index (χ4n) is 3.84. The summed E-state index contributed by atoms with van der Waals surface area (Å²) < 4.78 is 0. The van der Waals surface area contributed by atoms with E-state index in [9.17, 15) is 0 Å². The van der Waals surface area contributed by atoms with Gasteiger partial charge >= 0.3 is 0 Å². The van der Waals surface area contributed by atoms with Crippen molar-refractivity contribution in [3.63, 3.8) is 0 Å². The van der Waals surface area contributed by atoms with Gasteiger partial charge in [0.1, 0.15) is 0 Å². The lowest BCUT2D eigenvalue weighted by Gasteiger charge is -2.42. The molecule has 4 rings (SSSR count). The summed E-state index contributed by atoms with van der Waals surface area (Å²) in [7, 11) is 0. The number of benzene rings is 1. The van der Waals surface area contributed by atoms with E-state index in [2.05, 4.69) is 26.9 Å². The lowest BCUT2D eigenvalue weighted by Crippen LogP contribution is -2.51. The topological polar surface area (TPSA) is 57.8 Å². The molecule has 2 fully saturated rings. The summed E-state index contributed by atoms with van der Waals surface area (Å²) in [6.45, 7) is 4.34. The number of aromatic nitrogens is 1. The maximum Gasteiger partial charge on any atom is 0.191 e. The molecule has 1 aliphatic carbocycles. The maximum absolute atomic E-state index is 6.45. The molecule has 2 aliphatic rings. The number of anilines is 1. The van der Waals surface area contributed by atoms with Crippen LogP contribution >= 0.6 is 46.9 Å². The summed E-state index contributed by atoms with van der Waals surface area (Å²) >= 11 is 8.13. The molecule has 0 bridgehead atoms. The Morgan fingerprint density at radius 1 is 1.22 bits per heavy atom. The van der Waals surface area contributed by atoms with Crippen molar-refractivity contribution >= 4 is 58.0 Å². The minimum atomic E-state index is 0. The average Bonchev–Trinajstić information content (AvgIpc) is 3.17. The number of thiazole rings is 1. The Bertz CT molecular complexity index is 770. The van der Waals surface area contributed by atoms with Crippen molar-refractivity contribution in [1.29, 1.82) is 0 Å². The molecule has 0 spiro atoms. The molecule has 1 aromatic heterocycles. The molecule has 2 heterocycles. The summed E-state index contributed by atoms with van der Waals surface area (Å²) in [5, 5.41) is 3.95. The molecular formula is C19H25ClIN5S. The highest BCUT2D eigenvalue weighted by molar-refractivity contribution is 14.0. The first-order valence-electron chi connectivity index (χ1n) is 9.12. The molecule has 0 amide bonds. The Balaban J connectivity index is 0.00000210. The second kappa shape index (κ2) is 8.96. The van der Waals surface area contributed by atoms with E-state index in [1.54, 1.807) is 11.3 Å². The SMILES string of the molecule is I.NC(=NCC1(c2ccccc2Cl)CCC1)N1CCN(c2nccs2)CC1. The minimum absolute atomic E-state index is 0. The van der Waals surface area contributed by atoms with Gasteiger partial charge in [-0.2, -0.15) is 0 Å². The summed E-state index contributed by atoms with van der Waals surface area (Å²) in [6.07, 6.45) is 5.35. The van der Waals surface area contributed by atoms with Crippen LogP contribution in [0.1, 0.15) is 24.8 Å². The van der Waals surface area contributed by atoms with Crippen LogP contribution in [0.3, 0.4) is 0 Å². The van der Waals surface area contributed by atoms with Gasteiger partial charge in [0, 0.05) is 48.2 Å². The summed E-state index contributed by atoms with van der Waals surface area (Å²) in [5.74, 6) is 0.655. The van der Waals surface area contributed by atoms with E-state index < -0.39 is 0 Å². The molecule has 0 unspecified atom stereocenters. The molecule has 0 atom stereocenters. The van der Waals surface area contributed by atoms with Gasteiger partial charge in [0.05, 0.1) is 6.54 Å². The highest BCUT2D eigenvalue weighted by Gasteiger charge is 2.40. The summed E-state index contributed by atoms with van der Waals surface area (Å²) in [4.78, 5) is 13.7. The average molecular weight is 518 g/mol. The van der Waals surface area contributed by atoms with E-state index >= 15 is 0 Å². The van der Waals surface area contributed by atoms with E-state index in [0.29, 0.717) is 5.96 Å². The first-order chi connectivity index (χ1) is 12.7. The van der Waals surface area contributed by atoms with Crippen LogP contribution < -0.4 is 10.6 Å². The number of nitrogens with zero attached hydrogens (tertiary/aromatic N) is 4. The zero-order valence-electron chi connectivity index (χ0n) is 15.2. The maximum atomic E-state index is 6.45. The molecule has 1 saturated carbocycles. The first-order valence-corrected chi connectivity index (χ1v) is 10.4. The van der Waals surface area contributed by atoms with Crippen molar-refractivity contribution in [3.8, 4) is 0 Å². The van der Waals surface area contributed by atoms with Gasteiger partial charge in [-0.3, -0.25) is 4.99 Å². The number of hydrogen-bond acceptors (Lipinski definition) is 4. The molecule has 1 aliphatic heterocycles. The van der Waals surface area contributed by atoms with Crippen LogP contribution in [-0.2, 0) is 5.41 Å². The van der Waals surface area contributed by atoms with Crippen LogP contribution in [0.2, 0.25) is 5.02 Å². The molecule has 0 radical (unpaired) electrons. The van der Waals surface area contributed by atoms with Crippen LogP contribution in [0, 0.1) is 0 Å². The van der Waals surface area contributed by atoms with Crippen molar-refractivity contribution < 1.29 is 0 Å². The van der Waals surface area contributed by atoms with Gasteiger partial charge in [-0.15, -0.1) is 35.3 Å². The molecular weight excluding hydrogens is 493 g/mol. The molecule has 27 heavy (non-hydrogen) atoms. The second-order valence-corrected chi connectivity index (χ2v) is 8.36. The monoisotopic (exact) mass is 517 g/mol. The zero-order valence-corrected chi connectivity index (χ0v) is 19.1. The van der Waals surface area contributed by atoms with Crippen molar-refractivity contribution in [1.82, 2.24) is 9.88 Å². The van der Waals surface area contributed by atoms with Gasteiger partial charge in [-0.05, 0) is 24.5 Å². The highest BCUT2D eigenvalue weighted by atomic mass is 127. The lowest BCUT2D eigenvalue weighted by molar-refractivity contribution is 0.252. The quantitative estimate of drug-likeness (QED) is 0.379. The third-order valence-electron chi connectivity index (χ3n) is 5.59. The Hall–Kier alpha value is -1.06. The van der Waals surface area contributed by atoms with E-state index in [0.717, 1.165) is 55.7 Å². The molecule has 5 nitrogen and oxygen atoms in total. The number of piperazine rings is 1. The van der Waals surface area contributed by atoms with Crippen LogP contribution in [0.25, 0.3) is 0 Å². The molecule has 1 aromatic carbocycles. The number of guanidine groups is 1. The van der Waals surface area contributed by atoms with E-state index in [1.807, 2.05) is 23.7 Å². The molecule has 2 N–H and O–H groups in total. The lowest BCUT2D eigenvalue weighted by atomic mass is 9.64. The normalized spacial score (nSPS) is 19.4. The minimum Gasteiger partial charge on any atom is -0.370 e. The molecule has 2 aromatic rings. The Morgan fingerprint density at radius 3 is 2.56 bits per heavy atom. The number of hydrogen-bond donors (Lipinski definition) is 1. The Morgan fingerprint density at radius 2 is 1.96 bits per heavy atom. The van der Waals surface area contributed by atoms with Crippen molar-refractivity contribution in [3.05, 3.63) is 46.4 Å². The highest BCUT2D eigenvalue weighted by Crippen LogP contribution is 2.46. The largest absolute Gasteiger partial charge is 0.370 e. The predicted molar refractivity (Wildman–Crippen MR) is 125 cm³/mol. The van der Waals surface area contributed by atoms with Crippen LogP contribution in [-0.4, -0.2) is 48.6 Å². The second-order valence-electron chi connectivity index (χ2n) is 7.08. The zero-order chi connectivity index (χ0) is 18.0. The number of halogens is 2. The van der Waals surface area contributed by atoms with Crippen molar-refractivity contribution in [2.45, 2.75) is 24.7 Å². The third kappa shape index (κ3) is 4.35. The summed E-state index contributed by atoms with van der Waals surface area (Å²) in [5.41, 5.74) is 7.61. The van der Waals surface area contributed by atoms with Crippen molar-refractivity contribution in [2.24, 2.45) is 10.7 Å². The van der Waals surface area contributed by atoms with Crippen LogP contribution in [0.5, 0.6) is 0 Å². The van der Waals surface area contributed by atoms with Gasteiger partial charge < -0.3 is 15.5 Å². The van der Waals surface area contributed by atoms with E-state index in [1.165, 1.54) is 12.0 Å². The van der Waals surface area contributed by atoms with Gasteiger partial charge in [0.2, 0.25) is 0 Å². The fraction of sp³-hybridized carbons (Fsp3) is 0.474. The summed E-state index contributed by atoms with van der Waals surface area (Å²) in [6, 6.07) is 8.16. The Labute approximate surface area is 186 Å². The fourth-order valence-corrected chi connectivity index (χ4v) is 4.87. The number of rotatable bonds is 4. The van der Waals surface area contributed by atoms with E-state index in [-0.39, 0.29) is 29.4 Å². The third-order valence-corrected chi connectivity index (χ3v) is 6.75. The smallest absolute Gasteiger partial charge is 0.191 e. The first kappa shape index (κ1) is 20.7.